The standard InChI is InChI=1S/C15H19NO4S/c1-2-5-14(15(17)18)16-21(19,20)13-9-8-11-6-3-4-7-12(11)10-13/h2,8-10,14,16H,1,3-7H2,(H,17,18). The lowest BCUT2D eigenvalue weighted by Crippen LogP contribution is -2.40. The van der Waals surface area contributed by atoms with Crippen LogP contribution in [-0.4, -0.2) is 25.5 Å². The van der Waals surface area contributed by atoms with Crippen molar-refractivity contribution in [2.24, 2.45) is 0 Å². The van der Waals surface area contributed by atoms with Gasteiger partial charge in [0.05, 0.1) is 4.90 Å². The molecular weight excluding hydrogens is 290 g/mol. The molecule has 5 nitrogen and oxygen atoms in total. The van der Waals surface area contributed by atoms with Gasteiger partial charge in [0.15, 0.2) is 0 Å². The van der Waals surface area contributed by atoms with Gasteiger partial charge in [-0.3, -0.25) is 4.79 Å². The number of hydrogen-bond donors (Lipinski definition) is 2. The summed E-state index contributed by atoms with van der Waals surface area (Å²) in [7, 11) is -3.84. The Morgan fingerprint density at radius 1 is 1.33 bits per heavy atom. The molecule has 114 valence electrons. The molecule has 0 fully saturated rings. The lowest BCUT2D eigenvalue weighted by molar-refractivity contribution is -0.138. The zero-order chi connectivity index (χ0) is 15.5. The average molecular weight is 309 g/mol. The lowest BCUT2D eigenvalue weighted by Gasteiger charge is -2.18. The Kier molecular flexibility index (Phi) is 4.80. The summed E-state index contributed by atoms with van der Waals surface area (Å²) in [5, 5.41) is 9.03. The van der Waals surface area contributed by atoms with Gasteiger partial charge in [0.25, 0.3) is 0 Å². The summed E-state index contributed by atoms with van der Waals surface area (Å²) in [5.74, 6) is -1.21. The van der Waals surface area contributed by atoms with Gasteiger partial charge in [-0.15, -0.1) is 6.58 Å². The van der Waals surface area contributed by atoms with Crippen LogP contribution >= 0.6 is 0 Å². The number of hydrogen-bond acceptors (Lipinski definition) is 3. The summed E-state index contributed by atoms with van der Waals surface area (Å²) in [6.07, 6.45) is 5.44. The fourth-order valence-corrected chi connectivity index (χ4v) is 3.75. The molecule has 1 aromatic carbocycles. The van der Waals surface area contributed by atoms with Crippen molar-refractivity contribution in [1.82, 2.24) is 4.72 Å². The van der Waals surface area contributed by atoms with E-state index in [-0.39, 0.29) is 11.3 Å². The van der Waals surface area contributed by atoms with Gasteiger partial charge < -0.3 is 5.11 Å². The van der Waals surface area contributed by atoms with Crippen LogP contribution in [0.4, 0.5) is 0 Å². The highest BCUT2D eigenvalue weighted by molar-refractivity contribution is 7.89. The first-order chi connectivity index (χ1) is 9.94. The molecule has 21 heavy (non-hydrogen) atoms. The Bertz CT molecular complexity index is 652. The van der Waals surface area contributed by atoms with E-state index in [2.05, 4.69) is 11.3 Å². The van der Waals surface area contributed by atoms with E-state index in [1.54, 1.807) is 12.1 Å². The van der Waals surface area contributed by atoms with Crippen molar-refractivity contribution < 1.29 is 18.3 Å². The lowest BCUT2D eigenvalue weighted by atomic mass is 9.92. The van der Waals surface area contributed by atoms with Crippen molar-refractivity contribution in [1.29, 1.82) is 0 Å². The van der Waals surface area contributed by atoms with Crippen LogP contribution in [0, 0.1) is 0 Å². The number of aryl methyl sites for hydroxylation is 2. The van der Waals surface area contributed by atoms with Crippen molar-refractivity contribution in [3.8, 4) is 0 Å². The quantitative estimate of drug-likeness (QED) is 0.786. The normalized spacial score (nSPS) is 16.0. The minimum atomic E-state index is -3.84. The highest BCUT2D eigenvalue weighted by atomic mass is 32.2. The highest BCUT2D eigenvalue weighted by Gasteiger charge is 2.25. The maximum absolute atomic E-state index is 12.3. The Morgan fingerprint density at radius 3 is 2.62 bits per heavy atom. The van der Waals surface area contributed by atoms with Crippen molar-refractivity contribution in [3.63, 3.8) is 0 Å². The van der Waals surface area contributed by atoms with Gasteiger partial charge in [0, 0.05) is 0 Å². The molecule has 2 N–H and O–H groups in total. The molecule has 0 saturated heterocycles. The zero-order valence-corrected chi connectivity index (χ0v) is 12.5. The van der Waals surface area contributed by atoms with E-state index in [9.17, 15) is 13.2 Å². The molecule has 1 aromatic rings. The Balaban J connectivity index is 2.26. The van der Waals surface area contributed by atoms with Crippen LogP contribution in [0.25, 0.3) is 0 Å². The van der Waals surface area contributed by atoms with E-state index < -0.39 is 22.0 Å². The van der Waals surface area contributed by atoms with Gasteiger partial charge in [-0.1, -0.05) is 12.1 Å². The first kappa shape index (κ1) is 15.7. The molecule has 6 heteroatoms. The average Bonchev–Trinajstić information content (AvgIpc) is 2.46. The maximum atomic E-state index is 12.3. The third-order valence-corrected chi connectivity index (χ3v) is 5.10. The van der Waals surface area contributed by atoms with E-state index in [1.807, 2.05) is 6.07 Å². The summed E-state index contributed by atoms with van der Waals surface area (Å²) in [6.45, 7) is 3.45. The molecule has 0 aliphatic heterocycles. The molecule has 1 aliphatic rings. The van der Waals surface area contributed by atoms with Gasteiger partial charge in [-0.2, -0.15) is 4.72 Å². The number of carbonyl (C=O) groups is 1. The van der Waals surface area contributed by atoms with Gasteiger partial charge in [0.2, 0.25) is 10.0 Å². The van der Waals surface area contributed by atoms with Gasteiger partial charge >= 0.3 is 5.97 Å². The topological polar surface area (TPSA) is 83.5 Å². The molecule has 1 unspecified atom stereocenters. The first-order valence-electron chi connectivity index (χ1n) is 6.92. The van der Waals surface area contributed by atoms with Crippen LogP contribution in [-0.2, 0) is 27.7 Å². The largest absolute Gasteiger partial charge is 0.480 e. The monoisotopic (exact) mass is 309 g/mol. The smallest absolute Gasteiger partial charge is 0.322 e. The van der Waals surface area contributed by atoms with E-state index in [0.29, 0.717) is 0 Å². The second kappa shape index (κ2) is 6.41. The van der Waals surface area contributed by atoms with Crippen molar-refractivity contribution in [2.75, 3.05) is 0 Å². The second-order valence-corrected chi connectivity index (χ2v) is 6.89. The van der Waals surface area contributed by atoms with Crippen molar-refractivity contribution in [3.05, 3.63) is 42.0 Å². The van der Waals surface area contributed by atoms with Crippen molar-refractivity contribution >= 4 is 16.0 Å². The third-order valence-electron chi connectivity index (χ3n) is 3.63. The zero-order valence-electron chi connectivity index (χ0n) is 11.7. The molecule has 0 radical (unpaired) electrons. The molecule has 0 heterocycles. The summed E-state index contributed by atoms with van der Waals surface area (Å²) in [4.78, 5) is 11.2. The summed E-state index contributed by atoms with van der Waals surface area (Å²) < 4.78 is 26.8. The number of benzene rings is 1. The molecule has 1 atom stereocenters. The highest BCUT2D eigenvalue weighted by Crippen LogP contribution is 2.24. The Hall–Kier alpha value is -1.66. The Morgan fingerprint density at radius 2 is 2.00 bits per heavy atom. The fourth-order valence-electron chi connectivity index (χ4n) is 2.50. The fraction of sp³-hybridized carbons (Fsp3) is 0.400. The minimum Gasteiger partial charge on any atom is -0.480 e. The summed E-state index contributed by atoms with van der Waals surface area (Å²) in [5.41, 5.74) is 2.22. The molecule has 0 amide bonds. The molecule has 0 saturated carbocycles. The van der Waals surface area contributed by atoms with Gasteiger partial charge in [-0.05, 0) is 55.4 Å². The summed E-state index contributed by atoms with van der Waals surface area (Å²) >= 11 is 0. The molecule has 0 spiro atoms. The van der Waals surface area contributed by atoms with Gasteiger partial charge in [0.1, 0.15) is 6.04 Å². The van der Waals surface area contributed by atoms with Crippen molar-refractivity contribution in [2.45, 2.75) is 43.0 Å². The summed E-state index contributed by atoms with van der Waals surface area (Å²) in [6, 6.07) is 3.83. The van der Waals surface area contributed by atoms with Gasteiger partial charge in [-0.25, -0.2) is 8.42 Å². The van der Waals surface area contributed by atoms with Crippen LogP contribution in [0.3, 0.4) is 0 Å². The number of carboxylic acids is 1. The molecule has 0 aromatic heterocycles. The second-order valence-electron chi connectivity index (χ2n) is 5.17. The predicted molar refractivity (Wildman–Crippen MR) is 79.6 cm³/mol. The number of fused-ring (bicyclic) bond motifs is 1. The van der Waals surface area contributed by atoms with E-state index in [1.165, 1.54) is 11.6 Å². The number of sulfonamides is 1. The molecule has 0 bridgehead atoms. The minimum absolute atomic E-state index is 0.0412. The van der Waals surface area contributed by atoms with E-state index in [0.717, 1.165) is 31.2 Å². The van der Waals surface area contributed by atoms with E-state index in [4.69, 9.17) is 5.11 Å². The number of nitrogens with one attached hydrogen (secondary N) is 1. The number of aliphatic carboxylic acids is 1. The van der Waals surface area contributed by atoms with Crippen LogP contribution < -0.4 is 4.72 Å². The third kappa shape index (κ3) is 3.71. The SMILES string of the molecule is C=CCC(NS(=O)(=O)c1ccc2c(c1)CCCC2)C(=O)O. The predicted octanol–water partition coefficient (Wildman–Crippen LogP) is 1.87. The van der Waals surface area contributed by atoms with Crippen LogP contribution in [0.5, 0.6) is 0 Å². The molecular formula is C15H19NO4S. The van der Waals surface area contributed by atoms with E-state index >= 15 is 0 Å². The number of carboxylic acid groups (broad SMARTS) is 1. The van der Waals surface area contributed by atoms with Crippen LogP contribution in [0.15, 0.2) is 35.7 Å². The Labute approximate surface area is 124 Å². The van der Waals surface area contributed by atoms with Crippen LogP contribution in [0.2, 0.25) is 0 Å². The first-order valence-corrected chi connectivity index (χ1v) is 8.40. The maximum Gasteiger partial charge on any atom is 0.322 e. The number of rotatable bonds is 6. The van der Waals surface area contributed by atoms with Crippen LogP contribution in [0.1, 0.15) is 30.4 Å². The molecule has 1 aliphatic carbocycles. The molecule has 2 rings (SSSR count).